The molecule has 4 aromatic rings. The number of aromatic nitrogens is 2. The Bertz CT molecular complexity index is 1710. The number of hydrogen-bond acceptors (Lipinski definition) is 6. The van der Waals surface area contributed by atoms with Crippen LogP contribution in [0.5, 0.6) is 0 Å². The van der Waals surface area contributed by atoms with E-state index >= 15 is 0 Å². The second-order valence-corrected chi connectivity index (χ2v) is 11.4. The van der Waals surface area contributed by atoms with Crippen molar-refractivity contribution < 1.29 is 4.79 Å². The number of rotatable bonds is 8. The van der Waals surface area contributed by atoms with Crippen LogP contribution >= 0.6 is 0 Å². The maximum atomic E-state index is 12.2. The molecule has 0 radical (unpaired) electrons. The SMILES string of the molecule is C=CC(=O)Nc1cc(-c2c(-c3ccc(N4CCN(C)CC4)cc3)[nH]c3ncc(/C(C=NC(C)C)=C/N)c(C)c23)ccc1C.CC. The predicted octanol–water partition coefficient (Wildman–Crippen LogP) is 7.20. The van der Waals surface area contributed by atoms with Gasteiger partial charge in [-0.2, -0.15) is 0 Å². The highest BCUT2D eigenvalue weighted by molar-refractivity contribution is 6.13. The minimum absolute atomic E-state index is 0.145. The summed E-state index contributed by atoms with van der Waals surface area (Å²) in [6.45, 7) is 19.9. The molecule has 3 heterocycles. The van der Waals surface area contributed by atoms with Crippen molar-refractivity contribution in [2.45, 2.75) is 47.6 Å². The van der Waals surface area contributed by atoms with E-state index in [2.05, 4.69) is 76.0 Å². The first kappa shape index (κ1) is 33.2. The number of aliphatic imine (C=N–C) groups is 1. The molecule has 236 valence electrons. The van der Waals surface area contributed by atoms with Gasteiger partial charge in [-0.3, -0.25) is 9.79 Å². The number of benzene rings is 2. The molecular weight excluding hydrogens is 558 g/mol. The average Bonchev–Trinajstić information content (AvgIpc) is 3.45. The van der Waals surface area contributed by atoms with Crippen molar-refractivity contribution in [3.8, 4) is 22.4 Å². The summed E-state index contributed by atoms with van der Waals surface area (Å²) in [7, 11) is 2.17. The van der Waals surface area contributed by atoms with Crippen LogP contribution in [0.2, 0.25) is 0 Å². The maximum absolute atomic E-state index is 12.2. The van der Waals surface area contributed by atoms with Gasteiger partial charge in [-0.15, -0.1) is 0 Å². The number of anilines is 2. The smallest absolute Gasteiger partial charge is 0.247 e. The van der Waals surface area contributed by atoms with Crippen molar-refractivity contribution in [1.82, 2.24) is 14.9 Å². The van der Waals surface area contributed by atoms with Gasteiger partial charge in [-0.05, 0) is 81.3 Å². The molecule has 8 nitrogen and oxygen atoms in total. The molecule has 45 heavy (non-hydrogen) atoms. The summed E-state index contributed by atoms with van der Waals surface area (Å²) in [5.74, 6) is -0.249. The number of amides is 1. The first-order chi connectivity index (χ1) is 21.7. The van der Waals surface area contributed by atoms with E-state index in [9.17, 15) is 4.79 Å². The number of piperazine rings is 1. The lowest BCUT2D eigenvalue weighted by Crippen LogP contribution is -2.44. The van der Waals surface area contributed by atoms with Gasteiger partial charge in [0.15, 0.2) is 0 Å². The van der Waals surface area contributed by atoms with Crippen LogP contribution in [-0.4, -0.2) is 66.3 Å². The number of nitrogens with one attached hydrogen (secondary N) is 2. The van der Waals surface area contributed by atoms with Crippen molar-refractivity contribution >= 4 is 40.1 Å². The van der Waals surface area contributed by atoms with Crippen LogP contribution in [0.1, 0.15) is 44.4 Å². The number of fused-ring (bicyclic) bond motifs is 1. The van der Waals surface area contributed by atoms with Gasteiger partial charge in [-0.25, -0.2) is 4.98 Å². The lowest BCUT2D eigenvalue weighted by Gasteiger charge is -2.34. The molecule has 0 unspecified atom stereocenters. The zero-order valence-electron chi connectivity index (χ0n) is 27.7. The first-order valence-electron chi connectivity index (χ1n) is 15.7. The summed E-state index contributed by atoms with van der Waals surface area (Å²) in [5.41, 5.74) is 16.6. The molecule has 0 saturated carbocycles. The normalized spacial score (nSPS) is 14.1. The van der Waals surface area contributed by atoms with Crippen molar-refractivity contribution in [3.63, 3.8) is 0 Å². The lowest BCUT2D eigenvalue weighted by molar-refractivity contribution is -0.111. The number of hydrogen-bond donors (Lipinski definition) is 3. The van der Waals surface area contributed by atoms with Crippen molar-refractivity contribution in [2.75, 3.05) is 43.4 Å². The summed E-state index contributed by atoms with van der Waals surface area (Å²) in [5, 5.41) is 3.96. The fourth-order valence-corrected chi connectivity index (χ4v) is 5.54. The summed E-state index contributed by atoms with van der Waals surface area (Å²) >= 11 is 0. The fraction of sp³-hybridized carbons (Fsp3) is 0.324. The Kier molecular flexibility index (Phi) is 11.0. The van der Waals surface area contributed by atoms with Crippen LogP contribution in [0.25, 0.3) is 39.0 Å². The Labute approximate surface area is 267 Å². The minimum atomic E-state index is -0.249. The average molecular weight is 606 g/mol. The van der Waals surface area contributed by atoms with Gasteiger partial charge in [0.25, 0.3) is 0 Å². The number of pyridine rings is 1. The van der Waals surface area contributed by atoms with E-state index in [1.807, 2.05) is 59.2 Å². The second kappa shape index (κ2) is 14.9. The third kappa shape index (κ3) is 7.35. The van der Waals surface area contributed by atoms with Crippen LogP contribution in [0.4, 0.5) is 11.4 Å². The van der Waals surface area contributed by atoms with Gasteiger partial charge in [0.1, 0.15) is 5.65 Å². The zero-order valence-corrected chi connectivity index (χ0v) is 27.7. The standard InChI is InChI=1S/C35H41N7O.C2H6/c1-7-31(43)39-30-18-26(9-8-23(30)4)33-32-24(5)29(27(19-36)20-37-22(2)3)21-38-35(32)40-34(33)25-10-12-28(13-11-25)42-16-14-41(6)15-17-42;1-2/h7-13,18-22H,1,14-17,36H2,2-6H3,(H,38,40)(H,39,43);1-2H3/b27-19+,37-20?;. The molecule has 1 fully saturated rings. The Morgan fingerprint density at radius 3 is 2.36 bits per heavy atom. The molecular formula is C37H47N7O. The first-order valence-corrected chi connectivity index (χ1v) is 15.7. The van der Waals surface area contributed by atoms with Crippen molar-refractivity contribution in [3.05, 3.63) is 84.2 Å². The minimum Gasteiger partial charge on any atom is -0.404 e. The fourth-order valence-electron chi connectivity index (χ4n) is 5.54. The van der Waals surface area contributed by atoms with E-state index in [0.29, 0.717) is 0 Å². The molecule has 8 heteroatoms. The molecule has 1 saturated heterocycles. The van der Waals surface area contributed by atoms with E-state index in [4.69, 9.17) is 10.7 Å². The highest BCUT2D eigenvalue weighted by Crippen LogP contribution is 2.42. The Morgan fingerprint density at radius 1 is 1.07 bits per heavy atom. The zero-order chi connectivity index (χ0) is 32.7. The van der Waals surface area contributed by atoms with Gasteiger partial charge in [-0.1, -0.05) is 44.7 Å². The van der Waals surface area contributed by atoms with E-state index in [1.54, 1.807) is 6.20 Å². The molecule has 0 aliphatic carbocycles. The van der Waals surface area contributed by atoms with Crippen molar-refractivity contribution in [1.29, 1.82) is 0 Å². The lowest BCUT2D eigenvalue weighted by atomic mass is 9.93. The number of H-pyrrole nitrogens is 1. The number of allylic oxidation sites excluding steroid dienone is 1. The third-order valence-electron chi connectivity index (χ3n) is 8.08. The summed E-state index contributed by atoms with van der Waals surface area (Å²) < 4.78 is 0. The van der Waals surface area contributed by atoms with Crippen LogP contribution in [0.15, 0.2) is 72.5 Å². The number of carbonyl (C=O) groups excluding carboxylic acids is 1. The van der Waals surface area contributed by atoms with Gasteiger partial charge >= 0.3 is 0 Å². The van der Waals surface area contributed by atoms with Crippen molar-refractivity contribution in [2.24, 2.45) is 10.7 Å². The monoisotopic (exact) mass is 605 g/mol. The molecule has 1 amide bonds. The highest BCUT2D eigenvalue weighted by Gasteiger charge is 2.22. The number of carbonyl (C=O) groups is 1. The quantitative estimate of drug-likeness (QED) is 0.146. The molecule has 1 aliphatic rings. The molecule has 0 spiro atoms. The topological polar surface area (TPSA) is 103 Å². The molecule has 2 aromatic heterocycles. The number of aromatic amines is 1. The van der Waals surface area contributed by atoms with Crippen LogP contribution in [0, 0.1) is 13.8 Å². The Balaban J connectivity index is 0.00000226. The molecule has 4 N–H and O–H groups in total. The molecule has 0 atom stereocenters. The summed E-state index contributed by atoms with van der Waals surface area (Å²) in [6, 6.07) is 15.0. The molecule has 0 bridgehead atoms. The van der Waals surface area contributed by atoms with E-state index in [-0.39, 0.29) is 11.9 Å². The van der Waals surface area contributed by atoms with Crippen LogP contribution in [0.3, 0.4) is 0 Å². The van der Waals surface area contributed by atoms with E-state index in [0.717, 1.165) is 87.5 Å². The Morgan fingerprint density at radius 2 is 1.73 bits per heavy atom. The largest absolute Gasteiger partial charge is 0.404 e. The van der Waals surface area contributed by atoms with Crippen LogP contribution in [-0.2, 0) is 4.79 Å². The molecule has 5 rings (SSSR count). The molecule has 1 aliphatic heterocycles. The molecule has 2 aromatic carbocycles. The van der Waals surface area contributed by atoms with Gasteiger partial charge in [0, 0.05) is 84.3 Å². The predicted molar refractivity (Wildman–Crippen MR) is 192 cm³/mol. The van der Waals surface area contributed by atoms with Crippen LogP contribution < -0.4 is 16.0 Å². The second-order valence-electron chi connectivity index (χ2n) is 11.4. The van der Waals surface area contributed by atoms with E-state index < -0.39 is 0 Å². The number of likely N-dealkylation sites (N-methyl/N-ethyl adjacent to an activating group) is 1. The number of nitrogens with two attached hydrogens (primary N) is 1. The summed E-state index contributed by atoms with van der Waals surface area (Å²) in [4.78, 5) is 30.1. The van der Waals surface area contributed by atoms with Gasteiger partial charge in [0.2, 0.25) is 5.91 Å². The summed E-state index contributed by atoms with van der Waals surface area (Å²) in [6.07, 6.45) is 6.54. The highest BCUT2D eigenvalue weighted by atomic mass is 16.1. The number of nitrogens with zero attached hydrogens (tertiary/aromatic N) is 4. The van der Waals surface area contributed by atoms with Gasteiger partial charge < -0.3 is 25.8 Å². The maximum Gasteiger partial charge on any atom is 0.247 e. The number of aryl methyl sites for hydroxylation is 2. The van der Waals surface area contributed by atoms with E-state index in [1.165, 1.54) is 11.8 Å². The third-order valence-corrected chi connectivity index (χ3v) is 8.08. The van der Waals surface area contributed by atoms with Gasteiger partial charge in [0.05, 0.1) is 5.69 Å². The Hall–Kier alpha value is -4.69.